The Balaban J connectivity index is 1.54. The Morgan fingerprint density at radius 1 is 1.09 bits per heavy atom. The lowest BCUT2D eigenvalue weighted by atomic mass is 10.1. The molecule has 180 valence electrons. The van der Waals surface area contributed by atoms with Crippen LogP contribution in [0.2, 0.25) is 0 Å². The minimum Gasteiger partial charge on any atom is -0.494 e. The van der Waals surface area contributed by atoms with E-state index < -0.39 is 0 Å². The Morgan fingerprint density at radius 3 is 2.46 bits per heavy atom. The van der Waals surface area contributed by atoms with Crippen LogP contribution >= 0.6 is 39.9 Å². The predicted molar refractivity (Wildman–Crippen MR) is 145 cm³/mol. The molecule has 35 heavy (non-hydrogen) atoms. The SMILES string of the molecule is CCOc1ccc(N2C(=O)/C(=C\c3cc(Br)c(OCc4ccc(F)cc4)c(OC)c3)SC2=S)cc1. The fourth-order valence-corrected chi connectivity index (χ4v) is 5.27. The molecule has 1 amide bonds. The second-order valence-corrected chi connectivity index (χ2v) is 9.92. The van der Waals surface area contributed by atoms with Gasteiger partial charge in [-0.05, 0) is 88.6 Å². The molecule has 0 unspecified atom stereocenters. The summed E-state index contributed by atoms with van der Waals surface area (Å²) in [5.41, 5.74) is 2.25. The van der Waals surface area contributed by atoms with Crippen molar-refractivity contribution in [3.63, 3.8) is 0 Å². The second-order valence-electron chi connectivity index (χ2n) is 7.39. The van der Waals surface area contributed by atoms with Gasteiger partial charge in [-0.15, -0.1) is 0 Å². The predicted octanol–water partition coefficient (Wildman–Crippen LogP) is 6.98. The summed E-state index contributed by atoms with van der Waals surface area (Å²) in [6, 6.07) is 17.0. The number of carbonyl (C=O) groups is 1. The first-order valence-electron chi connectivity index (χ1n) is 10.6. The molecule has 0 radical (unpaired) electrons. The lowest BCUT2D eigenvalue weighted by Crippen LogP contribution is -2.27. The summed E-state index contributed by atoms with van der Waals surface area (Å²) in [6.07, 6.45) is 1.77. The fourth-order valence-electron chi connectivity index (χ4n) is 3.40. The van der Waals surface area contributed by atoms with Crippen molar-refractivity contribution in [1.82, 2.24) is 0 Å². The maximum Gasteiger partial charge on any atom is 0.270 e. The summed E-state index contributed by atoms with van der Waals surface area (Å²) in [4.78, 5) is 15.2. The van der Waals surface area contributed by atoms with Gasteiger partial charge in [-0.25, -0.2) is 4.39 Å². The molecule has 3 aromatic rings. The van der Waals surface area contributed by atoms with E-state index in [0.29, 0.717) is 37.5 Å². The molecule has 0 saturated carbocycles. The highest BCUT2D eigenvalue weighted by Crippen LogP contribution is 2.40. The Bertz CT molecular complexity index is 1280. The molecule has 1 heterocycles. The highest BCUT2D eigenvalue weighted by atomic mass is 79.9. The van der Waals surface area contributed by atoms with Crippen LogP contribution < -0.4 is 19.1 Å². The molecule has 0 bridgehead atoms. The molecule has 0 atom stereocenters. The molecular formula is C26H21BrFNO4S2. The van der Waals surface area contributed by atoms with Gasteiger partial charge in [0.15, 0.2) is 15.8 Å². The van der Waals surface area contributed by atoms with Gasteiger partial charge >= 0.3 is 0 Å². The number of hydrogen-bond acceptors (Lipinski definition) is 6. The Hall–Kier alpha value is -2.88. The number of halogens is 2. The van der Waals surface area contributed by atoms with E-state index in [9.17, 15) is 9.18 Å². The number of thiocarbonyl (C=S) groups is 1. The van der Waals surface area contributed by atoms with E-state index in [-0.39, 0.29) is 18.3 Å². The van der Waals surface area contributed by atoms with Crippen LogP contribution in [0.1, 0.15) is 18.1 Å². The van der Waals surface area contributed by atoms with Gasteiger partial charge in [-0.3, -0.25) is 9.69 Å². The van der Waals surface area contributed by atoms with Crippen molar-refractivity contribution >= 4 is 61.9 Å². The van der Waals surface area contributed by atoms with Gasteiger partial charge in [-0.1, -0.05) is 36.1 Å². The number of hydrogen-bond donors (Lipinski definition) is 0. The van der Waals surface area contributed by atoms with Crippen LogP contribution in [0.4, 0.5) is 10.1 Å². The van der Waals surface area contributed by atoms with Crippen molar-refractivity contribution < 1.29 is 23.4 Å². The maximum atomic E-state index is 13.1. The molecule has 0 aliphatic carbocycles. The number of carbonyl (C=O) groups excluding carboxylic acids is 1. The van der Waals surface area contributed by atoms with Crippen LogP contribution in [-0.4, -0.2) is 23.9 Å². The monoisotopic (exact) mass is 573 g/mol. The van der Waals surface area contributed by atoms with Gasteiger partial charge in [0, 0.05) is 0 Å². The summed E-state index contributed by atoms with van der Waals surface area (Å²) in [5, 5.41) is 0. The summed E-state index contributed by atoms with van der Waals surface area (Å²) in [6.45, 7) is 2.73. The molecule has 1 saturated heterocycles. The third-order valence-corrected chi connectivity index (χ3v) is 6.94. The van der Waals surface area contributed by atoms with Gasteiger partial charge in [0.05, 0.1) is 28.8 Å². The zero-order chi connectivity index (χ0) is 24.9. The van der Waals surface area contributed by atoms with E-state index in [1.807, 2.05) is 37.3 Å². The molecule has 1 aliphatic heterocycles. The minimum atomic E-state index is -0.301. The first kappa shape index (κ1) is 25.2. The van der Waals surface area contributed by atoms with Crippen LogP contribution in [0.15, 0.2) is 70.0 Å². The average molecular weight is 574 g/mol. The Labute approximate surface area is 221 Å². The fraction of sp³-hybridized carbons (Fsp3) is 0.154. The molecule has 5 nitrogen and oxygen atoms in total. The molecule has 0 spiro atoms. The van der Waals surface area contributed by atoms with Crippen molar-refractivity contribution in [3.05, 3.63) is 87.0 Å². The highest BCUT2D eigenvalue weighted by molar-refractivity contribution is 9.10. The van der Waals surface area contributed by atoms with Crippen LogP contribution in [0, 0.1) is 5.82 Å². The van der Waals surface area contributed by atoms with E-state index >= 15 is 0 Å². The minimum absolute atomic E-state index is 0.198. The number of nitrogens with zero attached hydrogens (tertiary/aromatic N) is 1. The zero-order valence-corrected chi connectivity index (χ0v) is 22.1. The number of anilines is 1. The maximum absolute atomic E-state index is 13.1. The van der Waals surface area contributed by atoms with Gasteiger partial charge in [0.2, 0.25) is 0 Å². The largest absolute Gasteiger partial charge is 0.494 e. The molecule has 9 heteroatoms. The summed E-state index contributed by atoms with van der Waals surface area (Å²) >= 11 is 10.3. The third kappa shape index (κ3) is 5.86. The first-order valence-corrected chi connectivity index (χ1v) is 12.7. The quantitative estimate of drug-likeness (QED) is 0.214. The lowest BCUT2D eigenvalue weighted by molar-refractivity contribution is -0.113. The van der Waals surface area contributed by atoms with Crippen LogP contribution in [0.3, 0.4) is 0 Å². The van der Waals surface area contributed by atoms with Gasteiger partial charge in [0.25, 0.3) is 5.91 Å². The smallest absolute Gasteiger partial charge is 0.270 e. The van der Waals surface area contributed by atoms with Crippen molar-refractivity contribution in [2.24, 2.45) is 0 Å². The summed E-state index contributed by atoms with van der Waals surface area (Å²) in [5.74, 6) is 1.24. The van der Waals surface area contributed by atoms with Gasteiger partial charge in [0.1, 0.15) is 18.2 Å². The summed E-state index contributed by atoms with van der Waals surface area (Å²) in [7, 11) is 1.54. The third-order valence-electron chi connectivity index (χ3n) is 5.05. The van der Waals surface area contributed by atoms with Crippen LogP contribution in [-0.2, 0) is 11.4 Å². The van der Waals surface area contributed by atoms with Crippen molar-refractivity contribution in [3.8, 4) is 17.2 Å². The molecule has 4 rings (SSSR count). The standard InChI is InChI=1S/C26H21BrFNO4S2/c1-3-32-20-10-8-19(9-11-20)29-25(30)23(35-26(29)34)14-17-12-21(27)24(22(13-17)31-2)33-15-16-4-6-18(28)7-5-16/h4-14H,3,15H2,1-2H3/b23-14+. The van der Waals surface area contributed by atoms with Crippen molar-refractivity contribution in [2.45, 2.75) is 13.5 Å². The number of rotatable bonds is 8. The van der Waals surface area contributed by atoms with E-state index in [4.69, 9.17) is 26.4 Å². The number of methoxy groups -OCH3 is 1. The second kappa shape index (κ2) is 11.2. The van der Waals surface area contributed by atoms with Crippen LogP contribution in [0.25, 0.3) is 6.08 Å². The van der Waals surface area contributed by atoms with Crippen molar-refractivity contribution in [1.29, 1.82) is 0 Å². The molecule has 1 aliphatic rings. The van der Waals surface area contributed by atoms with Gasteiger partial charge < -0.3 is 14.2 Å². The Kier molecular flexibility index (Phi) is 8.10. The number of ether oxygens (including phenoxy) is 3. The van der Waals surface area contributed by atoms with E-state index in [0.717, 1.165) is 16.9 Å². The van der Waals surface area contributed by atoms with Gasteiger partial charge in [-0.2, -0.15) is 0 Å². The number of benzene rings is 3. The topological polar surface area (TPSA) is 48.0 Å². The molecule has 3 aromatic carbocycles. The summed E-state index contributed by atoms with van der Waals surface area (Å²) < 4.78 is 31.2. The molecule has 0 N–H and O–H groups in total. The molecule has 0 aromatic heterocycles. The highest BCUT2D eigenvalue weighted by Gasteiger charge is 2.33. The van der Waals surface area contributed by atoms with Crippen molar-refractivity contribution in [2.75, 3.05) is 18.6 Å². The average Bonchev–Trinajstić information content (AvgIpc) is 3.12. The Morgan fingerprint density at radius 2 is 1.80 bits per heavy atom. The van der Waals surface area contributed by atoms with E-state index in [1.54, 1.807) is 31.4 Å². The van der Waals surface area contributed by atoms with E-state index in [1.165, 1.54) is 28.8 Å². The first-order chi connectivity index (χ1) is 16.9. The normalized spacial score (nSPS) is 14.5. The van der Waals surface area contributed by atoms with E-state index in [2.05, 4.69) is 15.9 Å². The zero-order valence-electron chi connectivity index (χ0n) is 18.9. The number of amides is 1. The number of thioether (sulfide) groups is 1. The molecule has 1 fully saturated rings. The van der Waals surface area contributed by atoms with Crippen LogP contribution in [0.5, 0.6) is 17.2 Å². The lowest BCUT2D eigenvalue weighted by Gasteiger charge is -2.15. The molecular weight excluding hydrogens is 553 g/mol.